The summed E-state index contributed by atoms with van der Waals surface area (Å²) in [6, 6.07) is 1.48. The van der Waals surface area contributed by atoms with E-state index in [1.807, 2.05) is 0 Å². The molecule has 21 heavy (non-hydrogen) atoms. The summed E-state index contributed by atoms with van der Waals surface area (Å²) in [5.74, 6) is 0. The van der Waals surface area contributed by atoms with Crippen LogP contribution in [0.3, 0.4) is 0 Å². The van der Waals surface area contributed by atoms with Gasteiger partial charge in [0.1, 0.15) is 0 Å². The van der Waals surface area contributed by atoms with Gasteiger partial charge in [-0.1, -0.05) is 52.9 Å². The summed E-state index contributed by atoms with van der Waals surface area (Å²) >= 11 is 0. The van der Waals surface area contributed by atoms with Crippen LogP contribution in [0.25, 0.3) is 0 Å². The van der Waals surface area contributed by atoms with Crippen molar-refractivity contribution < 1.29 is 0 Å². The molecule has 0 radical (unpaired) electrons. The zero-order valence-corrected chi connectivity index (χ0v) is 14.8. The smallest absolute Gasteiger partial charge is 0.00928 e. The van der Waals surface area contributed by atoms with Crippen LogP contribution in [-0.4, -0.2) is 36.6 Å². The van der Waals surface area contributed by atoms with Crippen molar-refractivity contribution in [2.24, 2.45) is 5.41 Å². The first kappa shape index (κ1) is 17.3. The SMILES string of the molecule is CCC1CCCCN1CC1(CNC(C)C)CCCCCC1. The molecule has 1 aliphatic carbocycles. The van der Waals surface area contributed by atoms with Crippen LogP contribution < -0.4 is 5.32 Å². The molecule has 124 valence electrons. The molecule has 1 aliphatic heterocycles. The van der Waals surface area contributed by atoms with E-state index in [1.54, 1.807) is 0 Å². The molecule has 1 atom stereocenters. The zero-order chi connectivity index (χ0) is 15.1. The van der Waals surface area contributed by atoms with Crippen LogP contribution in [0.2, 0.25) is 0 Å². The summed E-state index contributed by atoms with van der Waals surface area (Å²) in [5, 5.41) is 3.78. The van der Waals surface area contributed by atoms with E-state index in [2.05, 4.69) is 31.0 Å². The second-order valence-corrected chi connectivity index (χ2v) is 7.98. The first-order valence-corrected chi connectivity index (χ1v) is 9.63. The van der Waals surface area contributed by atoms with E-state index in [4.69, 9.17) is 0 Å². The van der Waals surface area contributed by atoms with E-state index in [1.165, 1.54) is 83.8 Å². The van der Waals surface area contributed by atoms with Gasteiger partial charge in [0.05, 0.1) is 0 Å². The van der Waals surface area contributed by atoms with Crippen molar-refractivity contribution in [1.29, 1.82) is 0 Å². The first-order chi connectivity index (χ1) is 10.2. The summed E-state index contributed by atoms with van der Waals surface area (Å²) in [6.45, 7) is 10.9. The summed E-state index contributed by atoms with van der Waals surface area (Å²) < 4.78 is 0. The van der Waals surface area contributed by atoms with Crippen LogP contribution in [-0.2, 0) is 0 Å². The fourth-order valence-corrected chi connectivity index (χ4v) is 4.45. The zero-order valence-electron chi connectivity index (χ0n) is 14.8. The highest BCUT2D eigenvalue weighted by Gasteiger charge is 2.35. The Morgan fingerprint density at radius 3 is 2.38 bits per heavy atom. The van der Waals surface area contributed by atoms with E-state index in [0.717, 1.165) is 6.04 Å². The fraction of sp³-hybridized carbons (Fsp3) is 1.00. The molecule has 2 fully saturated rings. The molecular formula is C19H38N2. The quantitative estimate of drug-likeness (QED) is 0.721. The Bertz CT molecular complexity index is 279. The minimum absolute atomic E-state index is 0.547. The number of likely N-dealkylation sites (tertiary alicyclic amines) is 1. The molecule has 1 saturated heterocycles. The third kappa shape index (κ3) is 5.25. The molecule has 0 amide bonds. The van der Waals surface area contributed by atoms with Gasteiger partial charge in [-0.2, -0.15) is 0 Å². The molecule has 0 bridgehead atoms. The normalized spacial score (nSPS) is 27.7. The first-order valence-electron chi connectivity index (χ1n) is 9.63. The van der Waals surface area contributed by atoms with Crippen LogP contribution in [0.15, 0.2) is 0 Å². The lowest BCUT2D eigenvalue weighted by atomic mass is 9.78. The number of rotatable bonds is 6. The predicted octanol–water partition coefficient (Wildman–Crippen LogP) is 4.59. The Hall–Kier alpha value is -0.0800. The lowest BCUT2D eigenvalue weighted by Crippen LogP contribution is -2.50. The molecule has 0 spiro atoms. The predicted molar refractivity (Wildman–Crippen MR) is 92.8 cm³/mol. The van der Waals surface area contributed by atoms with Crippen molar-refractivity contribution in [2.75, 3.05) is 19.6 Å². The maximum absolute atomic E-state index is 3.78. The van der Waals surface area contributed by atoms with Gasteiger partial charge in [-0.3, -0.25) is 4.90 Å². The highest BCUT2D eigenvalue weighted by atomic mass is 15.2. The van der Waals surface area contributed by atoms with Crippen LogP contribution in [0.5, 0.6) is 0 Å². The molecule has 2 heteroatoms. The summed E-state index contributed by atoms with van der Waals surface area (Å²) in [5.41, 5.74) is 0.547. The van der Waals surface area contributed by atoms with Crippen molar-refractivity contribution in [1.82, 2.24) is 10.2 Å². The second kappa shape index (κ2) is 8.53. The van der Waals surface area contributed by atoms with Gasteiger partial charge >= 0.3 is 0 Å². The number of nitrogens with zero attached hydrogens (tertiary/aromatic N) is 1. The number of piperidine rings is 1. The summed E-state index contributed by atoms with van der Waals surface area (Å²) in [6.07, 6.45) is 14.4. The topological polar surface area (TPSA) is 15.3 Å². The molecule has 1 heterocycles. The Kier molecular flexibility index (Phi) is 7.01. The molecule has 0 aromatic rings. The highest BCUT2D eigenvalue weighted by molar-refractivity contribution is 4.90. The molecule has 2 nitrogen and oxygen atoms in total. The third-order valence-corrected chi connectivity index (χ3v) is 5.81. The average molecular weight is 295 g/mol. The van der Waals surface area contributed by atoms with Crippen molar-refractivity contribution in [2.45, 2.75) is 97.1 Å². The number of nitrogens with one attached hydrogen (secondary N) is 1. The molecule has 2 aliphatic rings. The molecule has 0 aromatic carbocycles. The Balaban J connectivity index is 2.02. The second-order valence-electron chi connectivity index (χ2n) is 7.98. The molecule has 1 saturated carbocycles. The van der Waals surface area contributed by atoms with Crippen LogP contribution in [0.4, 0.5) is 0 Å². The van der Waals surface area contributed by atoms with E-state index in [-0.39, 0.29) is 0 Å². The summed E-state index contributed by atoms with van der Waals surface area (Å²) in [7, 11) is 0. The standard InChI is InChI=1S/C19H38N2/c1-4-18-11-7-10-14-21(18)16-19(15-20-17(2)3)12-8-5-6-9-13-19/h17-18,20H,4-16H2,1-3H3. The third-order valence-electron chi connectivity index (χ3n) is 5.81. The van der Waals surface area contributed by atoms with Gasteiger partial charge in [-0.25, -0.2) is 0 Å². The molecule has 1 N–H and O–H groups in total. The van der Waals surface area contributed by atoms with E-state index >= 15 is 0 Å². The van der Waals surface area contributed by atoms with Gasteiger partial charge in [0.15, 0.2) is 0 Å². The number of hydrogen-bond donors (Lipinski definition) is 1. The van der Waals surface area contributed by atoms with E-state index in [9.17, 15) is 0 Å². The molecule has 2 rings (SSSR count). The van der Waals surface area contributed by atoms with Gasteiger partial charge in [0, 0.05) is 25.2 Å². The van der Waals surface area contributed by atoms with Crippen molar-refractivity contribution in [3.05, 3.63) is 0 Å². The van der Waals surface area contributed by atoms with Crippen LogP contribution in [0.1, 0.15) is 85.0 Å². The van der Waals surface area contributed by atoms with Gasteiger partial charge in [-0.15, -0.1) is 0 Å². The maximum Gasteiger partial charge on any atom is 0.00928 e. The molecule has 1 unspecified atom stereocenters. The highest BCUT2D eigenvalue weighted by Crippen LogP contribution is 2.37. The van der Waals surface area contributed by atoms with Crippen LogP contribution in [0, 0.1) is 5.41 Å². The van der Waals surface area contributed by atoms with Gasteiger partial charge < -0.3 is 5.32 Å². The van der Waals surface area contributed by atoms with Crippen molar-refractivity contribution in [3.8, 4) is 0 Å². The lowest BCUT2D eigenvalue weighted by Gasteiger charge is -2.44. The van der Waals surface area contributed by atoms with Gasteiger partial charge in [-0.05, 0) is 44.1 Å². The molecular weight excluding hydrogens is 256 g/mol. The lowest BCUT2D eigenvalue weighted by molar-refractivity contribution is 0.0657. The average Bonchev–Trinajstić information content (AvgIpc) is 2.72. The monoisotopic (exact) mass is 294 g/mol. The Morgan fingerprint density at radius 2 is 1.76 bits per heavy atom. The fourth-order valence-electron chi connectivity index (χ4n) is 4.45. The van der Waals surface area contributed by atoms with Gasteiger partial charge in [0.2, 0.25) is 0 Å². The van der Waals surface area contributed by atoms with Crippen LogP contribution >= 0.6 is 0 Å². The maximum atomic E-state index is 3.78. The van der Waals surface area contributed by atoms with E-state index < -0.39 is 0 Å². The van der Waals surface area contributed by atoms with Crippen molar-refractivity contribution >= 4 is 0 Å². The minimum atomic E-state index is 0.547. The number of hydrogen-bond acceptors (Lipinski definition) is 2. The minimum Gasteiger partial charge on any atom is -0.314 e. The largest absolute Gasteiger partial charge is 0.314 e. The summed E-state index contributed by atoms with van der Waals surface area (Å²) in [4.78, 5) is 2.86. The van der Waals surface area contributed by atoms with Crippen molar-refractivity contribution in [3.63, 3.8) is 0 Å². The van der Waals surface area contributed by atoms with E-state index in [0.29, 0.717) is 11.5 Å². The van der Waals surface area contributed by atoms with Gasteiger partial charge in [0.25, 0.3) is 0 Å². The Morgan fingerprint density at radius 1 is 1.05 bits per heavy atom. The Labute approximate surface area is 133 Å². The molecule has 0 aromatic heterocycles.